The third kappa shape index (κ3) is 2.12. The van der Waals surface area contributed by atoms with Crippen LogP contribution >= 0.6 is 15.9 Å². The molecule has 1 heterocycles. The Balaban J connectivity index is 2.01. The van der Waals surface area contributed by atoms with Crippen molar-refractivity contribution in [3.8, 4) is 17.1 Å². The molecule has 0 spiro atoms. The Bertz CT molecular complexity index is 855. The van der Waals surface area contributed by atoms with Crippen LogP contribution < -0.4 is 0 Å². The third-order valence-corrected chi connectivity index (χ3v) is 4.26. The molecule has 1 aromatic heterocycles. The number of hydrogen-bond acceptors (Lipinski definition) is 2. The van der Waals surface area contributed by atoms with Crippen molar-refractivity contribution in [3.05, 3.63) is 46.7 Å². The Labute approximate surface area is 129 Å². The van der Waals surface area contributed by atoms with Crippen molar-refractivity contribution in [3.63, 3.8) is 0 Å². The maximum absolute atomic E-state index is 13.5. The summed E-state index contributed by atoms with van der Waals surface area (Å²) in [6, 6.07) is 10.3. The maximum atomic E-state index is 13.5. The topological polar surface area (TPSA) is 38.1 Å². The molecule has 0 bridgehead atoms. The molecule has 1 aliphatic carbocycles. The molecule has 0 radical (unpaired) electrons. The van der Waals surface area contributed by atoms with Crippen LogP contribution in [0.3, 0.4) is 0 Å². The first-order valence-corrected chi connectivity index (χ1v) is 7.59. The lowest BCUT2D eigenvalue weighted by molar-refractivity contribution is 0.476. The summed E-state index contributed by atoms with van der Waals surface area (Å²) in [5.41, 5.74) is 2.21. The summed E-state index contributed by atoms with van der Waals surface area (Å²) < 4.78 is 16.4. The van der Waals surface area contributed by atoms with Crippen LogP contribution in [0, 0.1) is 5.82 Å². The molecule has 1 fully saturated rings. The van der Waals surface area contributed by atoms with Crippen molar-refractivity contribution >= 4 is 27.0 Å². The Morgan fingerprint density at radius 1 is 1.19 bits per heavy atom. The summed E-state index contributed by atoms with van der Waals surface area (Å²) in [6.07, 6.45) is 2.12. The zero-order valence-corrected chi connectivity index (χ0v) is 12.6. The summed E-state index contributed by atoms with van der Waals surface area (Å²) in [5.74, 6) is 0.598. The number of halogens is 2. The number of phenols is 1. The number of benzene rings is 2. The molecule has 3 aromatic rings. The van der Waals surface area contributed by atoms with Crippen molar-refractivity contribution in [1.29, 1.82) is 0 Å². The van der Waals surface area contributed by atoms with Gasteiger partial charge in [0.1, 0.15) is 17.4 Å². The number of rotatable bonds is 2. The van der Waals surface area contributed by atoms with Gasteiger partial charge in [-0.1, -0.05) is 15.9 Å². The molecule has 0 atom stereocenters. The van der Waals surface area contributed by atoms with Gasteiger partial charge in [-0.15, -0.1) is 0 Å². The van der Waals surface area contributed by atoms with Crippen molar-refractivity contribution in [2.45, 2.75) is 18.9 Å². The summed E-state index contributed by atoms with van der Waals surface area (Å²) >= 11 is 3.34. The molecule has 0 amide bonds. The second kappa shape index (κ2) is 4.56. The molecular formula is C16H12BrFN2O. The molecule has 1 aliphatic rings. The van der Waals surface area contributed by atoms with Gasteiger partial charge in [0.25, 0.3) is 0 Å². The number of aromatic nitrogens is 2. The Kier molecular flexibility index (Phi) is 2.79. The zero-order valence-electron chi connectivity index (χ0n) is 11.1. The molecule has 4 rings (SSSR count). The predicted molar refractivity (Wildman–Crippen MR) is 82.8 cm³/mol. The third-order valence-electron chi connectivity index (χ3n) is 3.76. The first-order chi connectivity index (χ1) is 10.1. The standard InChI is InChI=1S/C16H12BrFN2O/c17-9-1-5-12(15(21)7-9)16-19-13-6-2-10(18)8-14(13)20(16)11-3-4-11/h1-2,5-8,11,21H,3-4H2. The highest BCUT2D eigenvalue weighted by atomic mass is 79.9. The lowest BCUT2D eigenvalue weighted by atomic mass is 10.2. The summed E-state index contributed by atoms with van der Waals surface area (Å²) in [6.45, 7) is 0. The van der Waals surface area contributed by atoms with E-state index < -0.39 is 0 Å². The van der Waals surface area contributed by atoms with Crippen molar-refractivity contribution in [2.75, 3.05) is 0 Å². The average Bonchev–Trinajstić information content (AvgIpc) is 3.20. The largest absolute Gasteiger partial charge is 0.507 e. The smallest absolute Gasteiger partial charge is 0.145 e. The Morgan fingerprint density at radius 2 is 2.00 bits per heavy atom. The first kappa shape index (κ1) is 12.8. The van der Waals surface area contributed by atoms with Gasteiger partial charge in [-0.25, -0.2) is 9.37 Å². The molecule has 0 unspecified atom stereocenters. The van der Waals surface area contributed by atoms with Gasteiger partial charge in [0.15, 0.2) is 0 Å². The van der Waals surface area contributed by atoms with E-state index in [9.17, 15) is 9.50 Å². The monoisotopic (exact) mass is 346 g/mol. The van der Waals surface area contributed by atoms with Gasteiger partial charge in [0.2, 0.25) is 0 Å². The number of phenolic OH excluding ortho intramolecular Hbond substituents is 1. The maximum Gasteiger partial charge on any atom is 0.145 e. The molecule has 1 N–H and O–H groups in total. The first-order valence-electron chi connectivity index (χ1n) is 6.80. The number of hydrogen-bond donors (Lipinski definition) is 1. The van der Waals surface area contributed by atoms with Crippen LogP contribution in [0.2, 0.25) is 0 Å². The van der Waals surface area contributed by atoms with E-state index >= 15 is 0 Å². The fraction of sp³-hybridized carbons (Fsp3) is 0.188. The molecular weight excluding hydrogens is 335 g/mol. The minimum absolute atomic E-state index is 0.169. The molecule has 0 saturated heterocycles. The van der Waals surface area contributed by atoms with Gasteiger partial charge in [-0.05, 0) is 49.2 Å². The Morgan fingerprint density at radius 3 is 2.71 bits per heavy atom. The summed E-state index contributed by atoms with van der Waals surface area (Å²) in [7, 11) is 0. The fourth-order valence-corrected chi connectivity index (χ4v) is 3.00. The second-order valence-corrected chi connectivity index (χ2v) is 6.25. The lowest BCUT2D eigenvalue weighted by Gasteiger charge is -2.09. The predicted octanol–water partition coefficient (Wildman–Crippen LogP) is 4.65. The van der Waals surface area contributed by atoms with Crippen LogP contribution in [-0.2, 0) is 0 Å². The highest BCUT2D eigenvalue weighted by Gasteiger charge is 2.29. The van der Waals surface area contributed by atoms with E-state index in [1.54, 1.807) is 12.1 Å². The van der Waals surface area contributed by atoms with Crippen LogP contribution in [0.15, 0.2) is 40.9 Å². The normalized spacial score (nSPS) is 14.8. The van der Waals surface area contributed by atoms with Crippen LogP contribution in [-0.4, -0.2) is 14.7 Å². The van der Waals surface area contributed by atoms with Crippen molar-refractivity contribution in [1.82, 2.24) is 9.55 Å². The molecule has 106 valence electrons. The Hall–Kier alpha value is -1.88. The SMILES string of the molecule is Oc1cc(Br)ccc1-c1nc2ccc(F)cc2n1C1CC1. The van der Waals surface area contributed by atoms with Gasteiger partial charge in [0.05, 0.1) is 16.6 Å². The van der Waals surface area contributed by atoms with Gasteiger partial charge < -0.3 is 9.67 Å². The minimum Gasteiger partial charge on any atom is -0.507 e. The second-order valence-electron chi connectivity index (χ2n) is 5.33. The molecule has 1 saturated carbocycles. The van der Waals surface area contributed by atoms with E-state index in [0.29, 0.717) is 17.4 Å². The zero-order chi connectivity index (χ0) is 14.6. The summed E-state index contributed by atoms with van der Waals surface area (Å²) in [5, 5.41) is 10.2. The number of imidazole rings is 1. The van der Waals surface area contributed by atoms with Gasteiger partial charge in [0, 0.05) is 10.5 Å². The number of nitrogens with zero attached hydrogens (tertiary/aromatic N) is 2. The highest BCUT2D eigenvalue weighted by Crippen LogP contribution is 2.43. The highest BCUT2D eigenvalue weighted by molar-refractivity contribution is 9.10. The van der Waals surface area contributed by atoms with Crippen LogP contribution in [0.5, 0.6) is 5.75 Å². The average molecular weight is 347 g/mol. The molecule has 2 aromatic carbocycles. The van der Waals surface area contributed by atoms with Gasteiger partial charge in [-0.3, -0.25) is 0 Å². The summed E-state index contributed by atoms with van der Waals surface area (Å²) in [4.78, 5) is 4.60. The van der Waals surface area contributed by atoms with Gasteiger partial charge >= 0.3 is 0 Å². The van der Waals surface area contributed by atoms with E-state index in [1.165, 1.54) is 12.1 Å². The van der Waals surface area contributed by atoms with Crippen LogP contribution in [0.1, 0.15) is 18.9 Å². The van der Waals surface area contributed by atoms with Gasteiger partial charge in [-0.2, -0.15) is 0 Å². The lowest BCUT2D eigenvalue weighted by Crippen LogP contribution is -1.97. The van der Waals surface area contributed by atoms with Crippen molar-refractivity contribution in [2.24, 2.45) is 0 Å². The van der Waals surface area contributed by atoms with E-state index in [1.807, 2.05) is 16.7 Å². The number of fused-ring (bicyclic) bond motifs is 1. The quantitative estimate of drug-likeness (QED) is 0.733. The van der Waals surface area contributed by atoms with Crippen LogP contribution in [0.25, 0.3) is 22.4 Å². The van der Waals surface area contributed by atoms with E-state index in [4.69, 9.17) is 0 Å². The van der Waals surface area contributed by atoms with Crippen LogP contribution in [0.4, 0.5) is 4.39 Å². The molecule has 5 heteroatoms. The minimum atomic E-state index is -0.268. The van der Waals surface area contributed by atoms with Crippen molar-refractivity contribution < 1.29 is 9.50 Å². The molecule has 21 heavy (non-hydrogen) atoms. The van der Waals surface area contributed by atoms with E-state index in [0.717, 1.165) is 28.3 Å². The molecule has 3 nitrogen and oxygen atoms in total. The molecule has 0 aliphatic heterocycles. The number of aromatic hydroxyl groups is 1. The van der Waals surface area contributed by atoms with E-state index in [-0.39, 0.29) is 11.6 Å². The fourth-order valence-electron chi connectivity index (χ4n) is 2.65. The van der Waals surface area contributed by atoms with E-state index in [2.05, 4.69) is 20.9 Å².